The molecular weight excluding hydrogens is 444 g/mol. The summed E-state index contributed by atoms with van der Waals surface area (Å²) in [6.45, 7) is 0. The van der Waals surface area contributed by atoms with Gasteiger partial charge in [-0.15, -0.1) is 0 Å². The number of amides is 2. The zero-order valence-electron chi connectivity index (χ0n) is 18.2. The van der Waals surface area contributed by atoms with Gasteiger partial charge in [0.25, 0.3) is 5.91 Å². The Hall–Kier alpha value is -4.53. The number of ether oxygens (including phenoxy) is 2. The predicted molar refractivity (Wildman–Crippen MR) is 122 cm³/mol. The number of hydrogen-bond donors (Lipinski definition) is 1. The second kappa shape index (κ2) is 9.53. The number of carbonyl (C=O) groups is 2. The Bertz CT molecular complexity index is 1380. The average Bonchev–Trinajstić information content (AvgIpc) is 2.87. The monoisotopic (exact) mass is 463 g/mol. The molecule has 172 valence electrons. The number of pyridine rings is 1. The number of nitrogens with one attached hydrogen (secondary N) is 1. The zero-order chi connectivity index (χ0) is 24.2. The number of nitrogens with zero attached hydrogens (tertiary/aromatic N) is 2. The Labute approximate surface area is 193 Å². The molecule has 0 saturated heterocycles. The molecule has 0 aliphatic carbocycles. The molecule has 0 radical (unpaired) electrons. The number of anilines is 1. The summed E-state index contributed by atoms with van der Waals surface area (Å²) in [5, 5.41) is 0.973. The molecule has 0 atom stereocenters. The van der Waals surface area contributed by atoms with E-state index in [1.54, 1.807) is 48.5 Å². The Balaban J connectivity index is 2.00. The lowest BCUT2D eigenvalue weighted by Gasteiger charge is -2.25. The van der Waals surface area contributed by atoms with Gasteiger partial charge < -0.3 is 9.47 Å². The van der Waals surface area contributed by atoms with Crippen molar-refractivity contribution >= 4 is 28.6 Å². The molecule has 0 saturated carbocycles. The zero-order valence-corrected chi connectivity index (χ0v) is 18.2. The van der Waals surface area contributed by atoms with Gasteiger partial charge in [-0.2, -0.15) is 0 Å². The summed E-state index contributed by atoms with van der Waals surface area (Å²) in [7, 11) is 2.45. The molecule has 0 unspecified atom stereocenters. The van der Waals surface area contributed by atoms with Gasteiger partial charge in [-0.3, -0.25) is 4.79 Å². The number of aromatic nitrogens is 1. The van der Waals surface area contributed by atoms with Crippen molar-refractivity contribution in [2.75, 3.05) is 19.2 Å². The number of fused-ring (bicyclic) bond motifs is 1. The maximum atomic E-state index is 14.7. The van der Waals surface area contributed by atoms with Crippen LogP contribution in [0.1, 0.15) is 10.4 Å². The topological polar surface area (TPSA) is 80.8 Å². The molecule has 7 nitrogen and oxygen atoms in total. The van der Waals surface area contributed by atoms with Crippen LogP contribution in [-0.4, -0.2) is 31.2 Å². The van der Waals surface area contributed by atoms with Crippen LogP contribution in [0.2, 0.25) is 0 Å². The fourth-order valence-electron chi connectivity index (χ4n) is 3.52. The van der Waals surface area contributed by atoms with Crippen LogP contribution in [0.15, 0.2) is 72.8 Å². The van der Waals surface area contributed by atoms with Crippen molar-refractivity contribution in [3.8, 4) is 17.0 Å². The number of rotatable bonds is 4. The van der Waals surface area contributed by atoms with Crippen molar-refractivity contribution in [2.24, 2.45) is 0 Å². The first-order chi connectivity index (χ1) is 16.4. The van der Waals surface area contributed by atoms with Gasteiger partial charge in [-0.25, -0.2) is 29.0 Å². The second-order valence-electron chi connectivity index (χ2n) is 7.09. The van der Waals surface area contributed by atoms with E-state index in [1.807, 2.05) is 6.07 Å². The molecule has 34 heavy (non-hydrogen) atoms. The van der Waals surface area contributed by atoms with Crippen LogP contribution in [0.5, 0.6) is 5.75 Å². The van der Waals surface area contributed by atoms with Crippen molar-refractivity contribution in [1.29, 1.82) is 0 Å². The number of benzene rings is 3. The highest BCUT2D eigenvalue weighted by Gasteiger charge is 2.30. The lowest BCUT2D eigenvalue weighted by molar-refractivity contribution is 0.0962. The molecule has 1 heterocycles. The summed E-state index contributed by atoms with van der Waals surface area (Å²) >= 11 is 0. The van der Waals surface area contributed by atoms with Crippen molar-refractivity contribution in [2.45, 2.75) is 0 Å². The van der Waals surface area contributed by atoms with Gasteiger partial charge in [0, 0.05) is 17.0 Å². The molecule has 9 heteroatoms. The van der Waals surface area contributed by atoms with E-state index in [0.29, 0.717) is 27.2 Å². The summed E-state index contributed by atoms with van der Waals surface area (Å²) in [6, 6.07) is 18.4. The Morgan fingerprint density at radius 1 is 0.941 bits per heavy atom. The molecular formula is C25H19F2N3O4. The van der Waals surface area contributed by atoms with Gasteiger partial charge in [0.05, 0.1) is 25.3 Å². The van der Waals surface area contributed by atoms with E-state index in [2.05, 4.69) is 15.1 Å². The van der Waals surface area contributed by atoms with Crippen molar-refractivity contribution < 1.29 is 27.8 Å². The van der Waals surface area contributed by atoms with E-state index < -0.39 is 29.3 Å². The third-order valence-corrected chi connectivity index (χ3v) is 5.05. The number of hydrazine groups is 1. The maximum Gasteiger partial charge on any atom is 0.426 e. The van der Waals surface area contributed by atoms with Crippen molar-refractivity contribution in [1.82, 2.24) is 10.4 Å². The van der Waals surface area contributed by atoms with Crippen molar-refractivity contribution in [3.63, 3.8) is 0 Å². The van der Waals surface area contributed by atoms with E-state index in [4.69, 9.17) is 4.74 Å². The summed E-state index contributed by atoms with van der Waals surface area (Å²) < 4.78 is 38.9. The quantitative estimate of drug-likeness (QED) is 0.426. The molecule has 1 N–H and O–H groups in total. The van der Waals surface area contributed by atoms with Gasteiger partial charge in [0.2, 0.25) is 0 Å². The SMILES string of the molecule is COC(=O)NN(C(=O)c1c(OC)c(-c2ccccc2)nc2ccccc12)c1cc(F)ccc1F. The van der Waals surface area contributed by atoms with Crippen LogP contribution >= 0.6 is 0 Å². The van der Waals surface area contributed by atoms with Crippen LogP contribution in [0.3, 0.4) is 0 Å². The standard InChI is InChI=1S/C25H19F2N3O4/c1-33-23-21(17-10-6-7-11-19(17)28-22(23)15-8-4-3-5-9-15)24(31)30(29-25(32)34-2)20-14-16(26)12-13-18(20)27/h3-14H,1-2H3,(H,29,32). The number of hydrogen-bond acceptors (Lipinski definition) is 5. The molecule has 0 fully saturated rings. The molecule has 4 rings (SSSR count). The molecule has 0 bridgehead atoms. The lowest BCUT2D eigenvalue weighted by atomic mass is 10.0. The van der Waals surface area contributed by atoms with Crippen LogP contribution in [0.4, 0.5) is 19.3 Å². The fourth-order valence-corrected chi connectivity index (χ4v) is 3.52. The minimum absolute atomic E-state index is 0.00739. The summed E-state index contributed by atoms with van der Waals surface area (Å²) in [5.41, 5.74) is 3.14. The average molecular weight is 463 g/mol. The van der Waals surface area contributed by atoms with Crippen LogP contribution < -0.4 is 15.2 Å². The van der Waals surface area contributed by atoms with Gasteiger partial charge in [0.1, 0.15) is 23.0 Å². The highest BCUT2D eigenvalue weighted by atomic mass is 19.1. The van der Waals surface area contributed by atoms with Gasteiger partial charge in [-0.1, -0.05) is 48.5 Å². The van der Waals surface area contributed by atoms with Crippen molar-refractivity contribution in [3.05, 3.63) is 90.0 Å². The molecule has 0 spiro atoms. The first kappa shape index (κ1) is 22.7. The molecule has 0 aliphatic rings. The number of methoxy groups -OCH3 is 2. The minimum atomic E-state index is -1.06. The first-order valence-corrected chi connectivity index (χ1v) is 10.1. The third kappa shape index (κ3) is 4.23. The maximum absolute atomic E-state index is 14.7. The molecule has 4 aromatic rings. The molecule has 2 amide bonds. The van der Waals surface area contributed by atoms with Crippen LogP contribution in [0, 0.1) is 11.6 Å². The molecule has 0 aliphatic heterocycles. The van der Waals surface area contributed by atoms with Crippen LogP contribution in [0.25, 0.3) is 22.2 Å². The summed E-state index contributed by atoms with van der Waals surface area (Å²) in [4.78, 5) is 30.6. The minimum Gasteiger partial charge on any atom is -0.494 e. The third-order valence-electron chi connectivity index (χ3n) is 5.05. The first-order valence-electron chi connectivity index (χ1n) is 10.1. The Kier molecular flexibility index (Phi) is 6.35. The molecule has 1 aromatic heterocycles. The Morgan fingerprint density at radius 2 is 1.65 bits per heavy atom. The molecule has 3 aromatic carbocycles. The number of carbonyl (C=O) groups excluding carboxylic acids is 2. The van der Waals surface area contributed by atoms with Crippen LogP contribution in [-0.2, 0) is 4.74 Å². The number of halogens is 2. The summed E-state index contributed by atoms with van der Waals surface area (Å²) in [6.07, 6.45) is -1.06. The lowest BCUT2D eigenvalue weighted by Crippen LogP contribution is -2.47. The van der Waals surface area contributed by atoms with Gasteiger partial charge in [-0.05, 0) is 18.2 Å². The second-order valence-corrected chi connectivity index (χ2v) is 7.09. The van der Waals surface area contributed by atoms with E-state index in [-0.39, 0.29) is 11.3 Å². The predicted octanol–water partition coefficient (Wildman–Crippen LogP) is 5.11. The normalized spacial score (nSPS) is 10.6. The Morgan fingerprint density at radius 3 is 2.35 bits per heavy atom. The van der Waals surface area contributed by atoms with Gasteiger partial charge >= 0.3 is 6.09 Å². The summed E-state index contributed by atoms with van der Waals surface area (Å²) in [5.74, 6) is -2.53. The number of para-hydroxylation sites is 1. The van der Waals surface area contributed by atoms with E-state index in [0.717, 1.165) is 25.3 Å². The smallest absolute Gasteiger partial charge is 0.426 e. The highest BCUT2D eigenvalue weighted by Crippen LogP contribution is 2.37. The van der Waals surface area contributed by atoms with E-state index in [9.17, 15) is 18.4 Å². The van der Waals surface area contributed by atoms with Gasteiger partial charge in [0.15, 0.2) is 5.75 Å². The fraction of sp³-hybridized carbons (Fsp3) is 0.0800. The largest absolute Gasteiger partial charge is 0.494 e. The van der Waals surface area contributed by atoms with E-state index in [1.165, 1.54) is 7.11 Å². The highest BCUT2D eigenvalue weighted by molar-refractivity contribution is 6.17. The van der Waals surface area contributed by atoms with E-state index >= 15 is 0 Å².